The maximum Gasteiger partial charge on any atom is 0.333 e. The fourth-order valence-corrected chi connectivity index (χ4v) is 3.76. The van der Waals surface area contributed by atoms with Crippen molar-refractivity contribution in [3.05, 3.63) is 58.7 Å². The molecule has 2 aromatic rings. The van der Waals surface area contributed by atoms with Crippen molar-refractivity contribution in [3.63, 3.8) is 0 Å². The van der Waals surface area contributed by atoms with Crippen LogP contribution in [0.15, 0.2) is 36.4 Å². The molecule has 16 nitrogen and oxygen atoms in total. The number of hydrogen-bond acceptors (Lipinski definition) is 13. The van der Waals surface area contributed by atoms with Gasteiger partial charge in [0, 0.05) is 119 Å². The second-order valence-corrected chi connectivity index (χ2v) is 8.87. The molecular weight excluding hydrogens is 1010 g/mol. The molecule has 2 aromatic carbocycles. The monoisotopic (exact) mass is 1030 g/mol. The summed E-state index contributed by atoms with van der Waals surface area (Å²) < 4.78 is 19.8. The molecule has 46 heavy (non-hydrogen) atoms. The molecule has 0 spiro atoms. The van der Waals surface area contributed by atoms with E-state index >= 15 is 0 Å². The van der Waals surface area contributed by atoms with E-state index in [0.717, 1.165) is 0 Å². The third-order valence-corrected chi connectivity index (χ3v) is 5.77. The number of hydrogen-bond donors (Lipinski definition) is 7. The van der Waals surface area contributed by atoms with Gasteiger partial charge < -0.3 is 54.3 Å². The van der Waals surface area contributed by atoms with Crippen molar-refractivity contribution in [2.45, 2.75) is 57.6 Å². The minimum absolute atomic E-state index is 0. The van der Waals surface area contributed by atoms with E-state index in [2.05, 4.69) is 14.8 Å². The summed E-state index contributed by atoms with van der Waals surface area (Å²) in [5.74, 6) is -2.86. The SMILES string of the molecule is O=C(O)CCNC(=O)c1cc(CO)ccc1OC1CC(O)CC(C(=O)O)O1.O=[C-]OCc1ccc(NO)c(CO[C-]=O)c1.[Ta].[Tb].[Y]. The largest absolute Gasteiger partial charge is 0.650 e. The number of nitrogens with one attached hydrogen (secondary N) is 2. The Morgan fingerprint density at radius 1 is 0.978 bits per heavy atom. The molecule has 0 bridgehead atoms. The van der Waals surface area contributed by atoms with Crippen LogP contribution in [-0.2, 0) is 108 Å². The van der Waals surface area contributed by atoms with Crippen LogP contribution in [0.4, 0.5) is 5.69 Å². The van der Waals surface area contributed by atoms with Gasteiger partial charge in [-0.1, -0.05) is 25.1 Å². The first-order chi connectivity index (χ1) is 20.6. The van der Waals surface area contributed by atoms with E-state index in [1.807, 2.05) is 5.48 Å². The Morgan fingerprint density at radius 2 is 1.63 bits per heavy atom. The Bertz CT molecular complexity index is 1270. The molecule has 0 aromatic heterocycles. The summed E-state index contributed by atoms with van der Waals surface area (Å²) in [6, 6.07) is 9.12. The van der Waals surface area contributed by atoms with Gasteiger partial charge in [-0.2, -0.15) is 0 Å². The number of aliphatic hydroxyl groups is 2. The molecule has 7 N–H and O–H groups in total. The number of rotatable bonds is 15. The summed E-state index contributed by atoms with van der Waals surface area (Å²) in [7, 11) is 0. The number of aliphatic carboxylic acids is 2. The molecule has 19 heteroatoms. The normalized spacial score (nSPS) is 16.2. The third kappa shape index (κ3) is 16.5. The molecule has 251 valence electrons. The van der Waals surface area contributed by atoms with Crippen molar-refractivity contribution in [2.75, 3.05) is 12.0 Å². The van der Waals surface area contributed by atoms with Crippen molar-refractivity contribution in [3.8, 4) is 5.75 Å². The molecular formula is C27H30N2O14TaTbY-2. The number of aliphatic hydroxyl groups excluding tert-OH is 2. The van der Waals surface area contributed by atoms with E-state index < -0.39 is 36.3 Å². The summed E-state index contributed by atoms with van der Waals surface area (Å²) >= 11 is 0. The molecule has 1 heterocycles. The van der Waals surface area contributed by atoms with Gasteiger partial charge in [0.15, 0.2) is 6.10 Å². The summed E-state index contributed by atoms with van der Waals surface area (Å²) in [5, 5.41) is 48.0. The Morgan fingerprint density at radius 3 is 2.22 bits per heavy atom. The molecule has 1 aliphatic rings. The molecule has 0 aliphatic carbocycles. The topological polar surface area (TPSA) is 247 Å². The average Bonchev–Trinajstić information content (AvgIpc) is 2.98. The number of carboxylic acid groups (broad SMARTS) is 2. The maximum absolute atomic E-state index is 12.3. The van der Waals surface area contributed by atoms with Gasteiger partial charge in [-0.15, -0.1) is 0 Å². The minimum Gasteiger partial charge on any atom is -0.650 e. The van der Waals surface area contributed by atoms with Crippen LogP contribution in [0.25, 0.3) is 0 Å². The van der Waals surface area contributed by atoms with Crippen LogP contribution in [-0.4, -0.2) is 81.5 Å². The van der Waals surface area contributed by atoms with Gasteiger partial charge in [0.2, 0.25) is 6.29 Å². The first kappa shape index (κ1) is 46.5. The fourth-order valence-electron chi connectivity index (χ4n) is 3.76. The van der Waals surface area contributed by atoms with Gasteiger partial charge in [0.05, 0.1) is 43.6 Å². The van der Waals surface area contributed by atoms with Crippen molar-refractivity contribution >= 4 is 36.5 Å². The van der Waals surface area contributed by atoms with Crippen molar-refractivity contribution in [2.24, 2.45) is 0 Å². The molecule has 3 radical (unpaired) electrons. The standard InChI is InChI=1S/C17H21NO9.C10H9NO5.Ta.Tb.Y/c19-8-9-1-2-12(11(5-9)16(23)18-4-3-14(21)22)26-15-7-10(20)6-13(27-15)17(24)25;12-6-15-4-8-1-2-10(11-14)9(3-8)5-16-7-13;;;/h1-2,5,10,13,15,19-20H,3-4,6-8H2,(H,18,23)(H,21,22)(H,24,25);1-3,11,14H,4-5H2;;;/q;-2;;;. The molecule has 3 rings (SSSR count). The molecule has 0 saturated carbocycles. The number of ether oxygens (including phenoxy) is 4. The Labute approximate surface area is 334 Å². The predicted octanol–water partition coefficient (Wildman–Crippen LogP) is 0.363. The van der Waals surface area contributed by atoms with Crippen LogP contribution in [0, 0.1) is 38.6 Å². The van der Waals surface area contributed by atoms with Crippen LogP contribution in [0.3, 0.4) is 0 Å². The van der Waals surface area contributed by atoms with Crippen LogP contribution >= 0.6 is 0 Å². The van der Waals surface area contributed by atoms with Gasteiger partial charge in [-0.05, 0) is 35.4 Å². The Hall–Kier alpha value is -1.64. The van der Waals surface area contributed by atoms with Crippen LogP contribution in [0.1, 0.15) is 46.3 Å². The second-order valence-electron chi connectivity index (χ2n) is 8.87. The number of carbonyl (C=O) groups excluding carboxylic acids is 3. The van der Waals surface area contributed by atoms with E-state index in [1.165, 1.54) is 31.1 Å². The number of carbonyl (C=O) groups is 3. The van der Waals surface area contributed by atoms with E-state index in [4.69, 9.17) is 24.9 Å². The number of anilines is 1. The number of carboxylic acids is 2. The zero-order chi connectivity index (χ0) is 31.8. The van der Waals surface area contributed by atoms with Crippen LogP contribution in [0.2, 0.25) is 0 Å². The van der Waals surface area contributed by atoms with Crippen molar-refractivity contribution in [1.29, 1.82) is 0 Å². The van der Waals surface area contributed by atoms with Gasteiger partial charge in [-0.25, -0.2) is 4.79 Å². The van der Waals surface area contributed by atoms with Gasteiger partial charge in [0.25, 0.3) is 5.91 Å². The molecule has 1 fully saturated rings. The molecule has 1 aliphatic heterocycles. The van der Waals surface area contributed by atoms with Gasteiger partial charge in [0.1, 0.15) is 5.75 Å². The van der Waals surface area contributed by atoms with E-state index in [0.29, 0.717) is 22.4 Å². The Kier molecular flexibility index (Phi) is 25.7. The second kappa shape index (κ2) is 25.4. The summed E-state index contributed by atoms with van der Waals surface area (Å²) in [6.45, 7) is 2.18. The minimum atomic E-state index is -1.23. The molecule has 3 atom stereocenters. The average molecular weight is 1040 g/mol. The quantitative estimate of drug-likeness (QED) is 0.0941. The summed E-state index contributed by atoms with van der Waals surface area (Å²) in [6.07, 6.45) is -3.56. The van der Waals surface area contributed by atoms with E-state index in [1.54, 1.807) is 18.2 Å². The number of amides is 1. The molecule has 3 unspecified atom stereocenters. The fraction of sp³-hybridized carbons (Fsp3) is 0.370. The van der Waals surface area contributed by atoms with Crippen molar-refractivity contribution in [1.82, 2.24) is 5.32 Å². The number of benzene rings is 2. The van der Waals surface area contributed by atoms with Crippen LogP contribution < -0.4 is 15.5 Å². The zero-order valence-electron chi connectivity index (χ0n) is 23.9. The third-order valence-electron chi connectivity index (χ3n) is 5.77. The van der Waals surface area contributed by atoms with Gasteiger partial charge in [-0.3, -0.25) is 20.3 Å². The zero-order valence-corrected chi connectivity index (χ0v) is 32.1. The van der Waals surface area contributed by atoms with E-state index in [-0.39, 0.29) is 151 Å². The first-order valence-electron chi connectivity index (χ1n) is 12.6. The molecule has 1 amide bonds. The predicted molar refractivity (Wildman–Crippen MR) is 142 cm³/mol. The van der Waals surface area contributed by atoms with E-state index in [9.17, 15) is 34.2 Å². The first-order valence-corrected chi connectivity index (χ1v) is 12.6. The van der Waals surface area contributed by atoms with Gasteiger partial charge >= 0.3 is 11.9 Å². The maximum atomic E-state index is 12.3. The summed E-state index contributed by atoms with van der Waals surface area (Å²) in [4.78, 5) is 53.8. The summed E-state index contributed by atoms with van der Waals surface area (Å²) in [5.41, 5.74) is 4.04. The molecule has 1 saturated heterocycles. The Balaban J connectivity index is 0. The van der Waals surface area contributed by atoms with Crippen LogP contribution in [0.5, 0.6) is 5.75 Å². The van der Waals surface area contributed by atoms with Crippen molar-refractivity contribution < 1.29 is 162 Å². The smallest absolute Gasteiger partial charge is 0.333 e.